The maximum absolute atomic E-state index is 5.85. The molecule has 0 radical (unpaired) electrons. The molecule has 11 heavy (non-hydrogen) atoms. The van der Waals surface area contributed by atoms with Crippen LogP contribution in [0.15, 0.2) is 0 Å². The molecule has 2 N–H and O–H groups in total. The number of nitrogens with two attached hydrogens (primary N) is 1. The van der Waals surface area contributed by atoms with Crippen LogP contribution in [0.5, 0.6) is 0 Å². The van der Waals surface area contributed by atoms with Gasteiger partial charge in [-0.3, -0.25) is 0 Å². The molecule has 2 fully saturated rings. The summed E-state index contributed by atoms with van der Waals surface area (Å²) in [5.74, 6) is 0. The predicted octanol–water partition coefficient (Wildman–Crippen LogP) is 2.30. The van der Waals surface area contributed by atoms with Crippen molar-refractivity contribution in [3.63, 3.8) is 0 Å². The molecule has 2 aliphatic carbocycles. The summed E-state index contributed by atoms with van der Waals surface area (Å²) in [6, 6.07) is 0.521. The van der Waals surface area contributed by atoms with E-state index >= 15 is 0 Å². The first-order valence-corrected chi connectivity index (χ1v) is 4.81. The molecule has 2 aliphatic rings. The van der Waals surface area contributed by atoms with E-state index in [2.05, 4.69) is 13.8 Å². The van der Waals surface area contributed by atoms with Crippen LogP contribution in [0.2, 0.25) is 0 Å². The number of rotatable bonds is 0. The molecule has 0 aromatic heterocycles. The molecule has 0 bridgehead atoms. The Labute approximate surface area is 69.4 Å². The Hall–Kier alpha value is -0.0400. The molecule has 2 saturated carbocycles. The van der Waals surface area contributed by atoms with Crippen LogP contribution >= 0.6 is 0 Å². The van der Waals surface area contributed by atoms with Crippen LogP contribution in [-0.2, 0) is 0 Å². The molecule has 0 saturated heterocycles. The molecule has 1 nitrogen and oxygen atoms in total. The van der Waals surface area contributed by atoms with Crippen LogP contribution in [-0.4, -0.2) is 6.04 Å². The van der Waals surface area contributed by atoms with Gasteiger partial charge in [-0.25, -0.2) is 0 Å². The van der Waals surface area contributed by atoms with Crippen molar-refractivity contribution in [1.29, 1.82) is 0 Å². The van der Waals surface area contributed by atoms with Gasteiger partial charge < -0.3 is 5.73 Å². The monoisotopic (exact) mass is 153 g/mol. The summed E-state index contributed by atoms with van der Waals surface area (Å²) in [7, 11) is 0. The van der Waals surface area contributed by atoms with Gasteiger partial charge in [0.25, 0.3) is 0 Å². The number of hydrogen-bond donors (Lipinski definition) is 1. The van der Waals surface area contributed by atoms with Crippen molar-refractivity contribution in [2.24, 2.45) is 16.6 Å². The first kappa shape index (κ1) is 7.60. The molecule has 0 aromatic rings. The second-order valence-electron chi connectivity index (χ2n) is 5.19. The van der Waals surface area contributed by atoms with Crippen molar-refractivity contribution < 1.29 is 0 Å². The number of hydrogen-bond acceptors (Lipinski definition) is 1. The van der Waals surface area contributed by atoms with Gasteiger partial charge in [0.15, 0.2) is 0 Å². The fraction of sp³-hybridized carbons (Fsp3) is 1.00. The molecule has 0 aliphatic heterocycles. The van der Waals surface area contributed by atoms with E-state index in [1.807, 2.05) is 0 Å². The first-order chi connectivity index (χ1) is 5.06. The average molecular weight is 153 g/mol. The largest absolute Gasteiger partial charge is 0.328 e. The Kier molecular flexibility index (Phi) is 1.39. The van der Waals surface area contributed by atoms with E-state index in [0.717, 1.165) is 0 Å². The lowest BCUT2D eigenvalue weighted by atomic mass is 9.54. The minimum Gasteiger partial charge on any atom is -0.328 e. The van der Waals surface area contributed by atoms with Crippen molar-refractivity contribution >= 4 is 0 Å². The summed E-state index contributed by atoms with van der Waals surface area (Å²) < 4.78 is 0. The molecule has 0 unspecified atom stereocenters. The predicted molar refractivity (Wildman–Crippen MR) is 47.3 cm³/mol. The topological polar surface area (TPSA) is 26.0 Å². The zero-order chi connectivity index (χ0) is 8.11. The van der Waals surface area contributed by atoms with Gasteiger partial charge in [0.05, 0.1) is 0 Å². The van der Waals surface area contributed by atoms with E-state index in [1.54, 1.807) is 0 Å². The van der Waals surface area contributed by atoms with Crippen LogP contribution < -0.4 is 5.73 Å². The highest BCUT2D eigenvalue weighted by Gasteiger charge is 2.54. The van der Waals surface area contributed by atoms with Gasteiger partial charge in [-0.1, -0.05) is 20.3 Å². The SMILES string of the molecule is CC1(C)CCCC12CC(N)C2. The van der Waals surface area contributed by atoms with Gasteiger partial charge in [0.2, 0.25) is 0 Å². The zero-order valence-corrected chi connectivity index (χ0v) is 7.69. The third-order valence-corrected chi connectivity index (χ3v) is 4.20. The first-order valence-electron chi connectivity index (χ1n) is 4.81. The van der Waals surface area contributed by atoms with Crippen molar-refractivity contribution in [3.05, 3.63) is 0 Å². The van der Waals surface area contributed by atoms with E-state index in [0.29, 0.717) is 16.9 Å². The van der Waals surface area contributed by atoms with E-state index in [4.69, 9.17) is 5.73 Å². The third-order valence-electron chi connectivity index (χ3n) is 4.20. The standard InChI is InChI=1S/C10H19N/c1-9(2)4-3-5-10(9)6-8(11)7-10/h8H,3-7,11H2,1-2H3. The van der Waals surface area contributed by atoms with Gasteiger partial charge >= 0.3 is 0 Å². The highest BCUT2D eigenvalue weighted by Crippen LogP contribution is 2.62. The fourth-order valence-corrected chi connectivity index (χ4v) is 3.17. The lowest BCUT2D eigenvalue weighted by Crippen LogP contribution is -2.51. The van der Waals surface area contributed by atoms with Crippen LogP contribution in [0.4, 0.5) is 0 Å². The quantitative estimate of drug-likeness (QED) is 0.568. The third kappa shape index (κ3) is 0.868. The second-order valence-corrected chi connectivity index (χ2v) is 5.19. The van der Waals surface area contributed by atoms with E-state index in [1.165, 1.54) is 32.1 Å². The summed E-state index contributed by atoms with van der Waals surface area (Å²) in [6.45, 7) is 4.84. The maximum atomic E-state index is 5.85. The second kappa shape index (κ2) is 2.01. The molecule has 1 spiro atoms. The van der Waals surface area contributed by atoms with Gasteiger partial charge in [0, 0.05) is 6.04 Å². The smallest absolute Gasteiger partial charge is 0.00498 e. The van der Waals surface area contributed by atoms with Crippen molar-refractivity contribution in [3.8, 4) is 0 Å². The summed E-state index contributed by atoms with van der Waals surface area (Å²) >= 11 is 0. The summed E-state index contributed by atoms with van der Waals surface area (Å²) in [4.78, 5) is 0. The maximum Gasteiger partial charge on any atom is 0.00498 e. The average Bonchev–Trinajstić information content (AvgIpc) is 2.07. The molecule has 2 rings (SSSR count). The Bertz CT molecular complexity index is 166. The minimum absolute atomic E-state index is 0.521. The summed E-state index contributed by atoms with van der Waals surface area (Å²) in [5.41, 5.74) is 7.10. The lowest BCUT2D eigenvalue weighted by molar-refractivity contribution is -0.000964. The van der Waals surface area contributed by atoms with Crippen molar-refractivity contribution in [1.82, 2.24) is 0 Å². The summed E-state index contributed by atoms with van der Waals surface area (Å²) in [6.07, 6.45) is 6.87. The van der Waals surface area contributed by atoms with Gasteiger partial charge in [-0.15, -0.1) is 0 Å². The Morgan fingerprint density at radius 3 is 2.18 bits per heavy atom. The molecule has 0 atom stereocenters. The van der Waals surface area contributed by atoms with Crippen LogP contribution in [0.1, 0.15) is 46.0 Å². The molecular weight excluding hydrogens is 134 g/mol. The molecule has 0 amide bonds. The highest BCUT2D eigenvalue weighted by molar-refractivity contribution is 5.07. The van der Waals surface area contributed by atoms with Crippen LogP contribution in [0.3, 0.4) is 0 Å². The van der Waals surface area contributed by atoms with Crippen molar-refractivity contribution in [2.75, 3.05) is 0 Å². The van der Waals surface area contributed by atoms with E-state index in [-0.39, 0.29) is 0 Å². The normalized spacial score (nSPS) is 47.7. The summed E-state index contributed by atoms with van der Waals surface area (Å²) in [5, 5.41) is 0. The van der Waals surface area contributed by atoms with Crippen molar-refractivity contribution in [2.45, 2.75) is 52.0 Å². The molecular formula is C10H19N. The Balaban J connectivity index is 2.14. The van der Waals surface area contributed by atoms with E-state index in [9.17, 15) is 0 Å². The Morgan fingerprint density at radius 2 is 1.82 bits per heavy atom. The highest BCUT2D eigenvalue weighted by atomic mass is 14.7. The van der Waals surface area contributed by atoms with Crippen LogP contribution in [0, 0.1) is 10.8 Å². The molecule has 0 aromatic carbocycles. The van der Waals surface area contributed by atoms with Crippen LogP contribution in [0.25, 0.3) is 0 Å². The Morgan fingerprint density at radius 1 is 1.18 bits per heavy atom. The van der Waals surface area contributed by atoms with Gasteiger partial charge in [-0.05, 0) is 36.5 Å². The van der Waals surface area contributed by atoms with Gasteiger partial charge in [-0.2, -0.15) is 0 Å². The fourth-order valence-electron chi connectivity index (χ4n) is 3.17. The zero-order valence-electron chi connectivity index (χ0n) is 7.69. The van der Waals surface area contributed by atoms with E-state index < -0.39 is 0 Å². The van der Waals surface area contributed by atoms with Gasteiger partial charge in [0.1, 0.15) is 0 Å². The molecule has 64 valence electrons. The minimum atomic E-state index is 0.521. The molecule has 1 heteroatoms. The molecule has 0 heterocycles. The lowest BCUT2D eigenvalue weighted by Gasteiger charge is -2.52.